The Labute approximate surface area is 195 Å². The van der Waals surface area contributed by atoms with Crippen molar-refractivity contribution in [2.24, 2.45) is 0 Å². The molecule has 1 N–H and O–H groups in total. The average molecular weight is 484 g/mol. The van der Waals surface area contributed by atoms with E-state index in [1.165, 1.54) is 28.7 Å². The number of thioether (sulfide) groups is 1. The molecule has 0 bridgehead atoms. The van der Waals surface area contributed by atoms with E-state index in [0.29, 0.717) is 25.5 Å². The van der Waals surface area contributed by atoms with E-state index in [9.17, 15) is 9.59 Å². The number of rotatable bonds is 10. The van der Waals surface area contributed by atoms with Gasteiger partial charge in [-0.1, -0.05) is 35.5 Å². The van der Waals surface area contributed by atoms with Crippen molar-refractivity contribution in [1.29, 1.82) is 0 Å². The lowest BCUT2D eigenvalue weighted by Crippen LogP contribution is -2.47. The summed E-state index contributed by atoms with van der Waals surface area (Å²) in [4.78, 5) is 30.4. The van der Waals surface area contributed by atoms with E-state index in [1.54, 1.807) is 6.92 Å². The molecule has 168 valence electrons. The van der Waals surface area contributed by atoms with Crippen molar-refractivity contribution in [3.8, 4) is 0 Å². The minimum Gasteiger partial charge on any atom is -0.466 e. The summed E-state index contributed by atoms with van der Waals surface area (Å²) < 4.78 is 11.5. The lowest BCUT2D eigenvalue weighted by Gasteiger charge is -2.33. The van der Waals surface area contributed by atoms with Crippen molar-refractivity contribution in [2.45, 2.75) is 30.3 Å². The van der Waals surface area contributed by atoms with Gasteiger partial charge in [0.1, 0.15) is 0 Å². The SMILES string of the molecule is CCOC(=O)Cc1csc(SCC(=O)NCC2CN(Cc3ccc(Cl)cc3)CCO2)n1. The van der Waals surface area contributed by atoms with Crippen molar-refractivity contribution in [3.63, 3.8) is 0 Å². The van der Waals surface area contributed by atoms with Gasteiger partial charge in [0.15, 0.2) is 4.34 Å². The predicted octanol–water partition coefficient (Wildman–Crippen LogP) is 3.01. The van der Waals surface area contributed by atoms with Crippen LogP contribution in [0.15, 0.2) is 34.0 Å². The number of carbonyl (C=O) groups excluding carboxylic acids is 2. The molecule has 1 aromatic heterocycles. The number of thiazole rings is 1. The molecule has 3 rings (SSSR count). The number of benzene rings is 1. The summed E-state index contributed by atoms with van der Waals surface area (Å²) in [5.41, 5.74) is 1.87. The maximum absolute atomic E-state index is 12.2. The second-order valence-corrected chi connectivity index (χ2v) is 9.55. The molecule has 1 fully saturated rings. The quantitative estimate of drug-likeness (QED) is 0.411. The number of hydrogen-bond donors (Lipinski definition) is 1. The molecule has 1 saturated heterocycles. The highest BCUT2D eigenvalue weighted by Gasteiger charge is 2.21. The molecule has 7 nitrogen and oxygen atoms in total. The highest BCUT2D eigenvalue weighted by atomic mass is 35.5. The Hall–Kier alpha value is -1.65. The molecule has 1 aliphatic rings. The number of aromatic nitrogens is 1. The highest BCUT2D eigenvalue weighted by Crippen LogP contribution is 2.23. The van der Waals surface area contributed by atoms with Crippen molar-refractivity contribution < 1.29 is 19.1 Å². The zero-order chi connectivity index (χ0) is 22.1. The Morgan fingerprint density at radius 2 is 2.19 bits per heavy atom. The summed E-state index contributed by atoms with van der Waals surface area (Å²) in [6.45, 7) is 5.70. The van der Waals surface area contributed by atoms with E-state index in [4.69, 9.17) is 21.1 Å². The number of nitrogens with one attached hydrogen (secondary N) is 1. The molecular weight excluding hydrogens is 458 g/mol. The average Bonchev–Trinajstić information content (AvgIpc) is 3.20. The molecule has 10 heteroatoms. The maximum atomic E-state index is 12.2. The minimum atomic E-state index is -0.292. The summed E-state index contributed by atoms with van der Waals surface area (Å²) in [6.07, 6.45) is 0.119. The molecule has 2 heterocycles. The third kappa shape index (κ3) is 8.42. The van der Waals surface area contributed by atoms with Crippen molar-refractivity contribution >= 4 is 46.6 Å². The maximum Gasteiger partial charge on any atom is 0.311 e. The molecule has 1 unspecified atom stereocenters. The van der Waals surface area contributed by atoms with E-state index in [1.807, 2.05) is 29.6 Å². The zero-order valence-electron chi connectivity index (χ0n) is 17.3. The molecule has 1 aliphatic heterocycles. The monoisotopic (exact) mass is 483 g/mol. The van der Waals surface area contributed by atoms with Gasteiger partial charge < -0.3 is 14.8 Å². The fourth-order valence-corrected chi connectivity index (χ4v) is 4.90. The normalized spacial score (nSPS) is 16.8. The zero-order valence-corrected chi connectivity index (χ0v) is 19.7. The number of hydrogen-bond acceptors (Lipinski definition) is 8. The smallest absolute Gasteiger partial charge is 0.311 e. The van der Waals surface area contributed by atoms with Crippen molar-refractivity contribution in [2.75, 3.05) is 38.6 Å². The van der Waals surface area contributed by atoms with Gasteiger partial charge in [-0.3, -0.25) is 14.5 Å². The molecule has 0 saturated carbocycles. The van der Waals surface area contributed by atoms with Gasteiger partial charge in [-0.25, -0.2) is 4.98 Å². The van der Waals surface area contributed by atoms with Crippen LogP contribution in [-0.4, -0.2) is 66.5 Å². The standard InChI is InChI=1S/C21H26ClN3O4S2/c1-2-28-20(27)9-17-13-30-21(24-17)31-14-19(26)23-10-18-12-25(7-8-29-18)11-15-3-5-16(22)6-4-15/h3-6,13,18H,2,7-12,14H2,1H3,(H,23,26). The van der Waals surface area contributed by atoms with Crippen molar-refractivity contribution in [1.82, 2.24) is 15.2 Å². The first-order valence-corrected chi connectivity index (χ1v) is 12.3. The van der Waals surface area contributed by atoms with Crippen LogP contribution in [-0.2, 0) is 32.0 Å². The fourth-order valence-electron chi connectivity index (χ4n) is 3.10. The third-order valence-electron chi connectivity index (χ3n) is 4.56. The van der Waals surface area contributed by atoms with Gasteiger partial charge in [-0.15, -0.1) is 11.3 Å². The number of nitrogens with zero attached hydrogens (tertiary/aromatic N) is 2. The lowest BCUT2D eigenvalue weighted by atomic mass is 10.2. The highest BCUT2D eigenvalue weighted by molar-refractivity contribution is 8.01. The molecule has 1 atom stereocenters. The van der Waals surface area contributed by atoms with Crippen LogP contribution in [0.3, 0.4) is 0 Å². The summed E-state index contributed by atoms with van der Waals surface area (Å²) >= 11 is 8.73. The van der Waals surface area contributed by atoms with Crippen LogP contribution in [0.2, 0.25) is 5.02 Å². The minimum absolute atomic E-state index is 0.0361. The van der Waals surface area contributed by atoms with Gasteiger partial charge >= 0.3 is 5.97 Å². The third-order valence-corrected chi connectivity index (χ3v) is 6.88. The number of amides is 1. The molecule has 31 heavy (non-hydrogen) atoms. The fraction of sp³-hybridized carbons (Fsp3) is 0.476. The largest absolute Gasteiger partial charge is 0.466 e. The van der Waals surface area contributed by atoms with Gasteiger partial charge in [-0.2, -0.15) is 0 Å². The number of morpholine rings is 1. The van der Waals surface area contributed by atoms with Crippen LogP contribution in [0.5, 0.6) is 0 Å². The second-order valence-electron chi connectivity index (χ2n) is 7.03. The Bertz CT molecular complexity index is 863. The molecule has 2 aromatic rings. The number of esters is 1. The van der Waals surface area contributed by atoms with E-state index in [2.05, 4.69) is 15.2 Å². The lowest BCUT2D eigenvalue weighted by molar-refractivity contribution is -0.142. The molecular formula is C21H26ClN3O4S2. The number of carbonyl (C=O) groups is 2. The molecule has 0 aliphatic carbocycles. The van der Waals surface area contributed by atoms with Gasteiger partial charge in [0.2, 0.25) is 5.91 Å². The Morgan fingerprint density at radius 1 is 1.39 bits per heavy atom. The van der Waals surface area contributed by atoms with Gasteiger partial charge in [0, 0.05) is 36.6 Å². The number of ether oxygens (including phenoxy) is 2. The summed E-state index contributed by atoms with van der Waals surface area (Å²) in [6, 6.07) is 7.86. The first-order valence-electron chi connectivity index (χ1n) is 10.1. The van der Waals surface area contributed by atoms with E-state index in [0.717, 1.165) is 29.0 Å². The van der Waals surface area contributed by atoms with Gasteiger partial charge in [0.05, 0.1) is 37.2 Å². The Morgan fingerprint density at radius 3 is 2.97 bits per heavy atom. The topological polar surface area (TPSA) is 80.8 Å². The molecule has 0 spiro atoms. The van der Waals surface area contributed by atoms with Gasteiger partial charge in [0.25, 0.3) is 0 Å². The van der Waals surface area contributed by atoms with E-state index >= 15 is 0 Å². The molecule has 1 aromatic carbocycles. The van der Waals surface area contributed by atoms with Crippen LogP contribution < -0.4 is 5.32 Å². The van der Waals surface area contributed by atoms with Gasteiger partial charge in [-0.05, 0) is 24.6 Å². The van der Waals surface area contributed by atoms with Crippen LogP contribution in [0.1, 0.15) is 18.2 Å². The summed E-state index contributed by atoms with van der Waals surface area (Å²) in [5, 5.41) is 5.50. The second kappa shape index (κ2) is 12.4. The van der Waals surface area contributed by atoms with Crippen LogP contribution in [0.25, 0.3) is 0 Å². The molecule has 0 radical (unpaired) electrons. The van der Waals surface area contributed by atoms with Crippen molar-refractivity contribution in [3.05, 3.63) is 45.9 Å². The first-order chi connectivity index (χ1) is 15.0. The molecule has 1 amide bonds. The summed E-state index contributed by atoms with van der Waals surface area (Å²) in [5.74, 6) is -0.0849. The van der Waals surface area contributed by atoms with Crippen LogP contribution >= 0.6 is 34.7 Å². The predicted molar refractivity (Wildman–Crippen MR) is 123 cm³/mol. The van der Waals surface area contributed by atoms with E-state index < -0.39 is 0 Å². The number of halogens is 1. The van der Waals surface area contributed by atoms with Crippen LogP contribution in [0, 0.1) is 0 Å². The summed E-state index contributed by atoms with van der Waals surface area (Å²) in [7, 11) is 0. The van der Waals surface area contributed by atoms with Crippen LogP contribution in [0.4, 0.5) is 0 Å². The Kier molecular flexibility index (Phi) is 9.60. The first kappa shape index (κ1) is 24.0. The van der Waals surface area contributed by atoms with E-state index in [-0.39, 0.29) is 30.2 Å². The Balaban J connectivity index is 1.36.